The van der Waals surface area contributed by atoms with Gasteiger partial charge in [-0.15, -0.1) is 0 Å². The summed E-state index contributed by atoms with van der Waals surface area (Å²) in [7, 11) is 0. The molecular weight excluding hydrogens is 298 g/mol. The Kier molecular flexibility index (Phi) is 5.57. The van der Waals surface area contributed by atoms with Crippen LogP contribution in [0.25, 0.3) is 0 Å². The topological polar surface area (TPSA) is 84.9 Å². The molecule has 0 heterocycles. The van der Waals surface area contributed by atoms with Crippen LogP contribution in [0.5, 0.6) is 11.5 Å². The lowest BCUT2D eigenvalue weighted by Gasteiger charge is -2.09. The Morgan fingerprint density at radius 1 is 1.04 bits per heavy atom. The molecule has 0 aromatic heterocycles. The van der Waals surface area contributed by atoms with E-state index in [4.69, 9.17) is 14.6 Å². The first-order valence-electron chi connectivity index (χ1n) is 7.07. The number of carboxylic acids is 1. The van der Waals surface area contributed by atoms with Crippen LogP contribution in [0.2, 0.25) is 0 Å². The highest BCUT2D eigenvalue weighted by molar-refractivity contribution is 6.04. The minimum Gasteiger partial charge on any atom is -0.494 e. The zero-order chi connectivity index (χ0) is 16.7. The van der Waals surface area contributed by atoms with Gasteiger partial charge in [0.05, 0.1) is 6.61 Å². The van der Waals surface area contributed by atoms with Gasteiger partial charge in [-0.1, -0.05) is 12.1 Å². The molecule has 0 spiro atoms. The first kappa shape index (κ1) is 16.4. The fourth-order valence-corrected chi connectivity index (χ4v) is 1.91. The lowest BCUT2D eigenvalue weighted by atomic mass is 10.2. The Morgan fingerprint density at radius 2 is 1.74 bits per heavy atom. The van der Waals surface area contributed by atoms with Crippen LogP contribution in [0.15, 0.2) is 48.5 Å². The summed E-state index contributed by atoms with van der Waals surface area (Å²) in [4.78, 5) is 22.7. The third kappa shape index (κ3) is 5.03. The molecule has 0 aliphatic rings. The van der Waals surface area contributed by atoms with Crippen LogP contribution in [0.1, 0.15) is 17.3 Å². The van der Waals surface area contributed by atoms with Gasteiger partial charge >= 0.3 is 5.97 Å². The predicted octanol–water partition coefficient (Wildman–Crippen LogP) is 2.80. The molecule has 0 bridgehead atoms. The van der Waals surface area contributed by atoms with Crippen LogP contribution >= 0.6 is 0 Å². The highest BCUT2D eigenvalue weighted by Gasteiger charge is 2.08. The highest BCUT2D eigenvalue weighted by atomic mass is 16.5. The van der Waals surface area contributed by atoms with E-state index in [0.29, 0.717) is 29.4 Å². The van der Waals surface area contributed by atoms with Crippen molar-refractivity contribution in [3.05, 3.63) is 54.1 Å². The van der Waals surface area contributed by atoms with Gasteiger partial charge in [0.2, 0.25) is 0 Å². The van der Waals surface area contributed by atoms with E-state index >= 15 is 0 Å². The second kappa shape index (κ2) is 7.84. The SMILES string of the molecule is CCOc1cccc(C(=O)Nc2cccc(OCC(=O)O)c2)c1. The second-order valence-electron chi connectivity index (χ2n) is 4.63. The number of hydrogen-bond donors (Lipinski definition) is 2. The lowest BCUT2D eigenvalue weighted by Crippen LogP contribution is -2.13. The summed E-state index contributed by atoms with van der Waals surface area (Å²) in [6.07, 6.45) is 0. The van der Waals surface area contributed by atoms with Crippen LogP contribution in [-0.4, -0.2) is 30.2 Å². The van der Waals surface area contributed by atoms with Gasteiger partial charge in [-0.25, -0.2) is 4.79 Å². The number of rotatable bonds is 7. The third-order valence-electron chi connectivity index (χ3n) is 2.86. The normalized spacial score (nSPS) is 9.96. The summed E-state index contributed by atoms with van der Waals surface area (Å²) < 4.78 is 10.4. The molecule has 0 saturated heterocycles. The van der Waals surface area contributed by atoms with Crippen LogP contribution in [0, 0.1) is 0 Å². The predicted molar refractivity (Wildman–Crippen MR) is 85.1 cm³/mol. The number of benzene rings is 2. The molecule has 2 aromatic carbocycles. The van der Waals surface area contributed by atoms with E-state index in [1.54, 1.807) is 48.5 Å². The molecule has 0 radical (unpaired) electrons. The van der Waals surface area contributed by atoms with Crippen molar-refractivity contribution in [1.82, 2.24) is 0 Å². The summed E-state index contributed by atoms with van der Waals surface area (Å²) in [5, 5.41) is 11.3. The quantitative estimate of drug-likeness (QED) is 0.820. The fourth-order valence-electron chi connectivity index (χ4n) is 1.91. The number of carbonyl (C=O) groups is 2. The molecule has 1 amide bonds. The van der Waals surface area contributed by atoms with Gasteiger partial charge in [0.15, 0.2) is 6.61 Å². The summed E-state index contributed by atoms with van der Waals surface area (Å²) >= 11 is 0. The summed E-state index contributed by atoms with van der Waals surface area (Å²) in [6, 6.07) is 13.4. The summed E-state index contributed by atoms with van der Waals surface area (Å²) in [5.41, 5.74) is 0.979. The van der Waals surface area contributed by atoms with Crippen molar-refractivity contribution in [1.29, 1.82) is 0 Å². The zero-order valence-corrected chi connectivity index (χ0v) is 12.6. The molecule has 120 valence electrons. The second-order valence-corrected chi connectivity index (χ2v) is 4.63. The summed E-state index contributed by atoms with van der Waals surface area (Å²) in [6.45, 7) is 1.96. The average Bonchev–Trinajstić information content (AvgIpc) is 2.54. The standard InChI is InChI=1S/C17H17NO5/c1-2-22-14-7-3-5-12(9-14)17(21)18-13-6-4-8-15(10-13)23-11-16(19)20/h3-10H,2,11H2,1H3,(H,18,21)(H,19,20). The highest BCUT2D eigenvalue weighted by Crippen LogP contribution is 2.19. The largest absolute Gasteiger partial charge is 0.494 e. The Bertz CT molecular complexity index is 699. The molecule has 0 saturated carbocycles. The lowest BCUT2D eigenvalue weighted by molar-refractivity contribution is -0.139. The van der Waals surface area contributed by atoms with Crippen molar-refractivity contribution < 1.29 is 24.2 Å². The number of ether oxygens (including phenoxy) is 2. The van der Waals surface area contributed by atoms with Crippen molar-refractivity contribution in [2.45, 2.75) is 6.92 Å². The number of hydrogen-bond acceptors (Lipinski definition) is 4. The Morgan fingerprint density at radius 3 is 2.43 bits per heavy atom. The molecule has 0 atom stereocenters. The maximum absolute atomic E-state index is 12.2. The van der Waals surface area contributed by atoms with Crippen LogP contribution in [0.4, 0.5) is 5.69 Å². The van der Waals surface area contributed by atoms with E-state index in [9.17, 15) is 9.59 Å². The van der Waals surface area contributed by atoms with Gasteiger partial charge in [0.25, 0.3) is 5.91 Å². The number of amides is 1. The molecule has 0 unspecified atom stereocenters. The number of carbonyl (C=O) groups excluding carboxylic acids is 1. The van der Waals surface area contributed by atoms with Crippen LogP contribution in [0.3, 0.4) is 0 Å². The number of anilines is 1. The van der Waals surface area contributed by atoms with E-state index in [-0.39, 0.29) is 5.91 Å². The van der Waals surface area contributed by atoms with E-state index in [1.807, 2.05) is 6.92 Å². The fraction of sp³-hybridized carbons (Fsp3) is 0.176. The maximum atomic E-state index is 12.2. The Labute approximate surface area is 133 Å². The van der Waals surface area contributed by atoms with Crippen molar-refractivity contribution in [3.63, 3.8) is 0 Å². The van der Waals surface area contributed by atoms with Gasteiger partial charge in [0, 0.05) is 17.3 Å². The summed E-state index contributed by atoms with van der Waals surface area (Å²) in [5.74, 6) is -0.360. The molecule has 23 heavy (non-hydrogen) atoms. The monoisotopic (exact) mass is 315 g/mol. The number of carboxylic acid groups (broad SMARTS) is 1. The third-order valence-corrected chi connectivity index (χ3v) is 2.86. The molecular formula is C17H17NO5. The van der Waals surface area contributed by atoms with E-state index in [0.717, 1.165) is 0 Å². The van der Waals surface area contributed by atoms with Crippen LogP contribution < -0.4 is 14.8 Å². The minimum absolute atomic E-state index is 0.290. The Hall–Kier alpha value is -3.02. The maximum Gasteiger partial charge on any atom is 0.341 e. The molecule has 6 nitrogen and oxygen atoms in total. The number of aliphatic carboxylic acids is 1. The molecule has 2 N–H and O–H groups in total. The smallest absolute Gasteiger partial charge is 0.341 e. The Balaban J connectivity index is 2.06. The minimum atomic E-state index is -1.06. The first-order chi connectivity index (χ1) is 11.1. The van der Waals surface area contributed by atoms with E-state index < -0.39 is 12.6 Å². The van der Waals surface area contributed by atoms with Gasteiger partial charge in [-0.2, -0.15) is 0 Å². The van der Waals surface area contributed by atoms with E-state index in [1.165, 1.54) is 0 Å². The van der Waals surface area contributed by atoms with Crippen molar-refractivity contribution >= 4 is 17.6 Å². The molecule has 2 rings (SSSR count). The van der Waals surface area contributed by atoms with Crippen LogP contribution in [-0.2, 0) is 4.79 Å². The van der Waals surface area contributed by atoms with Crippen molar-refractivity contribution in [2.24, 2.45) is 0 Å². The average molecular weight is 315 g/mol. The van der Waals surface area contributed by atoms with Gasteiger partial charge in [0.1, 0.15) is 11.5 Å². The van der Waals surface area contributed by atoms with Crippen molar-refractivity contribution in [2.75, 3.05) is 18.5 Å². The molecule has 6 heteroatoms. The van der Waals surface area contributed by atoms with Crippen molar-refractivity contribution in [3.8, 4) is 11.5 Å². The van der Waals surface area contributed by atoms with Gasteiger partial charge in [-0.05, 0) is 37.3 Å². The number of nitrogens with one attached hydrogen (secondary N) is 1. The molecule has 0 aliphatic carbocycles. The molecule has 0 fully saturated rings. The van der Waals surface area contributed by atoms with E-state index in [2.05, 4.69) is 5.32 Å². The molecule has 2 aromatic rings. The first-order valence-corrected chi connectivity index (χ1v) is 7.07. The van der Waals surface area contributed by atoms with Gasteiger partial charge in [-0.3, -0.25) is 4.79 Å². The van der Waals surface area contributed by atoms with Gasteiger partial charge < -0.3 is 19.9 Å². The molecule has 0 aliphatic heterocycles. The zero-order valence-electron chi connectivity index (χ0n) is 12.6.